The Morgan fingerprint density at radius 2 is 1.88 bits per heavy atom. The van der Waals surface area contributed by atoms with E-state index >= 15 is 0 Å². The molecular formula is C18H23N5O2. The van der Waals surface area contributed by atoms with Gasteiger partial charge in [-0.25, -0.2) is 5.10 Å². The minimum absolute atomic E-state index is 0.223. The second-order valence-corrected chi connectivity index (χ2v) is 6.22. The third kappa shape index (κ3) is 4.45. The maximum absolute atomic E-state index is 12.1. The number of H-pyrrole nitrogens is 1. The van der Waals surface area contributed by atoms with Crippen molar-refractivity contribution in [1.29, 1.82) is 0 Å². The molecule has 1 unspecified atom stereocenters. The first kappa shape index (κ1) is 17.2. The Kier molecular flexibility index (Phi) is 5.45. The number of carbonyl (C=O) groups is 1. The van der Waals surface area contributed by atoms with Crippen molar-refractivity contribution in [3.05, 3.63) is 58.5 Å². The van der Waals surface area contributed by atoms with Gasteiger partial charge in [-0.05, 0) is 25.1 Å². The van der Waals surface area contributed by atoms with Crippen molar-refractivity contribution in [3.63, 3.8) is 0 Å². The van der Waals surface area contributed by atoms with Gasteiger partial charge in [0.2, 0.25) is 0 Å². The van der Waals surface area contributed by atoms with Crippen molar-refractivity contribution < 1.29 is 4.79 Å². The van der Waals surface area contributed by atoms with Crippen molar-refractivity contribution in [3.8, 4) is 0 Å². The summed E-state index contributed by atoms with van der Waals surface area (Å²) >= 11 is 0. The summed E-state index contributed by atoms with van der Waals surface area (Å²) in [5, 5.41) is 8.89. The molecular weight excluding hydrogens is 318 g/mol. The molecule has 1 aromatic carbocycles. The van der Waals surface area contributed by atoms with E-state index in [1.54, 1.807) is 0 Å². The summed E-state index contributed by atoms with van der Waals surface area (Å²) in [7, 11) is 0. The summed E-state index contributed by atoms with van der Waals surface area (Å²) in [6, 6.07) is 13.4. The van der Waals surface area contributed by atoms with Crippen LogP contribution >= 0.6 is 0 Å². The fourth-order valence-corrected chi connectivity index (χ4v) is 2.99. The topological polar surface area (TPSA) is 81.3 Å². The van der Waals surface area contributed by atoms with E-state index in [0.29, 0.717) is 6.54 Å². The zero-order chi connectivity index (χ0) is 17.6. The fourth-order valence-electron chi connectivity index (χ4n) is 2.99. The first-order valence-electron chi connectivity index (χ1n) is 8.51. The molecule has 1 aliphatic rings. The molecule has 2 N–H and O–H groups in total. The molecule has 1 aromatic heterocycles. The lowest BCUT2D eigenvalue weighted by Gasteiger charge is -2.39. The molecule has 0 aliphatic carbocycles. The Bertz CT molecular complexity index is 733. The molecule has 1 atom stereocenters. The number of nitrogens with zero attached hydrogens (tertiary/aromatic N) is 3. The van der Waals surface area contributed by atoms with E-state index in [2.05, 4.69) is 56.5 Å². The minimum atomic E-state index is -0.318. The van der Waals surface area contributed by atoms with Crippen LogP contribution in [0.1, 0.15) is 17.4 Å². The Morgan fingerprint density at radius 3 is 2.52 bits per heavy atom. The lowest BCUT2D eigenvalue weighted by atomic mass is 10.2. The lowest BCUT2D eigenvalue weighted by molar-refractivity contribution is 0.0928. The van der Waals surface area contributed by atoms with Gasteiger partial charge in [0.25, 0.3) is 11.5 Å². The highest BCUT2D eigenvalue weighted by atomic mass is 16.2. The molecule has 0 spiro atoms. The van der Waals surface area contributed by atoms with Crippen LogP contribution in [0.15, 0.2) is 47.3 Å². The maximum atomic E-state index is 12.1. The van der Waals surface area contributed by atoms with Crippen LogP contribution in [0.4, 0.5) is 5.69 Å². The largest absolute Gasteiger partial charge is 0.369 e. The zero-order valence-electron chi connectivity index (χ0n) is 14.3. The SMILES string of the molecule is CC(CNC(=O)c1ccc(=O)[nH]n1)N1CCN(c2ccccc2)CC1. The molecule has 0 bridgehead atoms. The van der Waals surface area contributed by atoms with Gasteiger partial charge in [-0.3, -0.25) is 14.5 Å². The van der Waals surface area contributed by atoms with Crippen molar-refractivity contribution in [2.75, 3.05) is 37.6 Å². The van der Waals surface area contributed by atoms with Crippen LogP contribution in [0.25, 0.3) is 0 Å². The maximum Gasteiger partial charge on any atom is 0.271 e. The molecule has 7 nitrogen and oxygen atoms in total. The van der Waals surface area contributed by atoms with E-state index in [-0.39, 0.29) is 23.2 Å². The number of hydrogen-bond donors (Lipinski definition) is 2. The Labute approximate surface area is 146 Å². The average molecular weight is 341 g/mol. The highest BCUT2D eigenvalue weighted by Gasteiger charge is 2.21. The Balaban J connectivity index is 1.46. The van der Waals surface area contributed by atoms with Crippen molar-refractivity contribution in [1.82, 2.24) is 20.4 Å². The standard InChI is InChI=1S/C18H23N5O2/c1-14(13-19-18(25)16-7-8-17(24)21-20-16)22-9-11-23(12-10-22)15-5-3-2-4-6-15/h2-8,14H,9-13H2,1H3,(H,19,25)(H,21,24). The molecule has 1 aliphatic heterocycles. The van der Waals surface area contributed by atoms with Gasteiger partial charge in [0, 0.05) is 50.5 Å². The van der Waals surface area contributed by atoms with Crippen molar-refractivity contribution in [2.24, 2.45) is 0 Å². The molecule has 1 amide bonds. The molecule has 2 aromatic rings. The summed E-state index contributed by atoms with van der Waals surface area (Å²) in [4.78, 5) is 27.8. The van der Waals surface area contributed by atoms with E-state index < -0.39 is 0 Å². The van der Waals surface area contributed by atoms with Crippen LogP contribution in [0, 0.1) is 0 Å². The second kappa shape index (κ2) is 7.94. The molecule has 0 saturated carbocycles. The number of anilines is 1. The number of piperazine rings is 1. The van der Waals surface area contributed by atoms with E-state index in [1.807, 2.05) is 6.07 Å². The molecule has 132 valence electrons. The van der Waals surface area contributed by atoms with Crippen molar-refractivity contribution in [2.45, 2.75) is 13.0 Å². The van der Waals surface area contributed by atoms with Gasteiger partial charge < -0.3 is 10.2 Å². The number of aromatic amines is 1. The van der Waals surface area contributed by atoms with Crippen LogP contribution in [0.3, 0.4) is 0 Å². The third-order valence-corrected chi connectivity index (χ3v) is 4.53. The quantitative estimate of drug-likeness (QED) is 0.837. The normalized spacial score (nSPS) is 16.4. The number of rotatable bonds is 5. The molecule has 7 heteroatoms. The molecule has 3 rings (SSSR count). The first-order valence-corrected chi connectivity index (χ1v) is 8.51. The smallest absolute Gasteiger partial charge is 0.271 e. The first-order chi connectivity index (χ1) is 12.1. The molecule has 2 heterocycles. The predicted octanol–water partition coefficient (Wildman–Crippen LogP) is 0.710. The molecule has 25 heavy (non-hydrogen) atoms. The van der Waals surface area contributed by atoms with Gasteiger partial charge in [-0.2, -0.15) is 5.10 Å². The summed E-state index contributed by atoms with van der Waals surface area (Å²) in [6.07, 6.45) is 0. The van der Waals surface area contributed by atoms with E-state index in [1.165, 1.54) is 17.8 Å². The van der Waals surface area contributed by atoms with Gasteiger partial charge in [-0.1, -0.05) is 18.2 Å². The number of carbonyl (C=O) groups excluding carboxylic acids is 1. The van der Waals surface area contributed by atoms with Crippen LogP contribution in [-0.4, -0.2) is 59.8 Å². The van der Waals surface area contributed by atoms with Crippen LogP contribution < -0.4 is 15.8 Å². The van der Waals surface area contributed by atoms with E-state index in [4.69, 9.17) is 0 Å². The second-order valence-electron chi connectivity index (χ2n) is 6.22. The fraction of sp³-hybridized carbons (Fsp3) is 0.389. The summed E-state index contributed by atoms with van der Waals surface area (Å²) in [5.74, 6) is -0.272. The number of benzene rings is 1. The van der Waals surface area contributed by atoms with Gasteiger partial charge in [0.05, 0.1) is 0 Å². The molecule has 1 saturated heterocycles. The third-order valence-electron chi connectivity index (χ3n) is 4.53. The van der Waals surface area contributed by atoms with Crippen molar-refractivity contribution >= 4 is 11.6 Å². The summed E-state index contributed by atoms with van der Waals surface area (Å²) in [6.45, 7) is 6.53. The highest BCUT2D eigenvalue weighted by Crippen LogP contribution is 2.16. The summed E-state index contributed by atoms with van der Waals surface area (Å²) in [5.41, 5.74) is 1.16. The van der Waals surface area contributed by atoms with Gasteiger partial charge in [0.1, 0.15) is 5.69 Å². The number of aromatic nitrogens is 2. The number of amides is 1. The molecule has 0 radical (unpaired) electrons. The van der Waals surface area contributed by atoms with Gasteiger partial charge in [-0.15, -0.1) is 0 Å². The van der Waals surface area contributed by atoms with Gasteiger partial charge >= 0.3 is 0 Å². The molecule has 1 fully saturated rings. The van der Waals surface area contributed by atoms with Crippen LogP contribution in [0.5, 0.6) is 0 Å². The minimum Gasteiger partial charge on any atom is -0.369 e. The highest BCUT2D eigenvalue weighted by molar-refractivity contribution is 5.91. The summed E-state index contributed by atoms with van der Waals surface area (Å²) < 4.78 is 0. The lowest BCUT2D eigenvalue weighted by Crippen LogP contribution is -2.52. The Hall–Kier alpha value is -2.67. The predicted molar refractivity (Wildman–Crippen MR) is 96.9 cm³/mol. The number of hydrogen-bond acceptors (Lipinski definition) is 5. The number of nitrogens with one attached hydrogen (secondary N) is 2. The van der Waals surface area contributed by atoms with Crippen LogP contribution in [-0.2, 0) is 0 Å². The Morgan fingerprint density at radius 1 is 1.16 bits per heavy atom. The van der Waals surface area contributed by atoms with E-state index in [9.17, 15) is 9.59 Å². The van der Waals surface area contributed by atoms with E-state index in [0.717, 1.165) is 26.2 Å². The number of para-hydroxylation sites is 1. The monoisotopic (exact) mass is 341 g/mol. The average Bonchev–Trinajstić information content (AvgIpc) is 2.67. The zero-order valence-corrected chi connectivity index (χ0v) is 14.3. The van der Waals surface area contributed by atoms with Crippen LogP contribution in [0.2, 0.25) is 0 Å². The van der Waals surface area contributed by atoms with Gasteiger partial charge in [0.15, 0.2) is 0 Å².